The lowest BCUT2D eigenvalue weighted by atomic mass is 10.1. The van der Waals surface area contributed by atoms with Gasteiger partial charge in [0.25, 0.3) is 11.8 Å². The molecule has 2 amide bonds. The fourth-order valence-electron chi connectivity index (χ4n) is 1.16. The first-order valence-corrected chi connectivity index (χ1v) is 4.56. The van der Waals surface area contributed by atoms with E-state index in [1.807, 2.05) is 5.32 Å². The number of nitrogens with one attached hydrogen (secondary N) is 1. The number of primary amides is 1. The lowest BCUT2D eigenvalue weighted by Crippen LogP contribution is -2.25. The van der Waals surface area contributed by atoms with E-state index in [-0.39, 0.29) is 12.1 Å². The number of halogens is 3. The third kappa shape index (κ3) is 2.96. The number of nitrogens with two attached hydrogens (primary N) is 1. The van der Waals surface area contributed by atoms with Gasteiger partial charge in [0.15, 0.2) is 18.3 Å². The first-order valence-electron chi connectivity index (χ1n) is 4.56. The molecule has 0 aromatic heterocycles. The van der Waals surface area contributed by atoms with Crippen molar-refractivity contribution in [3.8, 4) is 0 Å². The summed E-state index contributed by atoms with van der Waals surface area (Å²) >= 11 is 0. The Morgan fingerprint density at radius 2 is 1.88 bits per heavy atom. The molecule has 0 fully saturated rings. The molecule has 1 rings (SSSR count). The number of alkyl halides is 1. The molecule has 0 aliphatic heterocycles. The van der Waals surface area contributed by atoms with Crippen LogP contribution in [0.3, 0.4) is 0 Å². The average Bonchev–Trinajstić information content (AvgIpc) is 2.30. The van der Waals surface area contributed by atoms with Crippen molar-refractivity contribution in [3.63, 3.8) is 0 Å². The molecule has 0 saturated heterocycles. The van der Waals surface area contributed by atoms with Crippen molar-refractivity contribution in [2.75, 3.05) is 6.67 Å². The molecule has 0 spiro atoms. The SMILES string of the molecule is NC(=O)c1ccc(CNC(=O)CF)c(F)c1F. The number of hydrogen-bond donors (Lipinski definition) is 2. The van der Waals surface area contributed by atoms with Crippen molar-refractivity contribution in [1.29, 1.82) is 0 Å². The maximum atomic E-state index is 13.3. The second-order valence-electron chi connectivity index (χ2n) is 3.17. The summed E-state index contributed by atoms with van der Waals surface area (Å²) in [6.45, 7) is -1.62. The first-order chi connectivity index (χ1) is 7.97. The van der Waals surface area contributed by atoms with Gasteiger partial charge in [0, 0.05) is 12.1 Å². The topological polar surface area (TPSA) is 72.2 Å². The Morgan fingerprint density at radius 1 is 1.24 bits per heavy atom. The second-order valence-corrected chi connectivity index (χ2v) is 3.17. The highest BCUT2D eigenvalue weighted by atomic mass is 19.2. The van der Waals surface area contributed by atoms with E-state index in [2.05, 4.69) is 0 Å². The summed E-state index contributed by atoms with van der Waals surface area (Å²) < 4.78 is 38.4. The highest BCUT2D eigenvalue weighted by molar-refractivity contribution is 5.93. The van der Waals surface area contributed by atoms with Gasteiger partial charge in [-0.1, -0.05) is 6.07 Å². The maximum Gasteiger partial charge on any atom is 0.251 e. The molecular formula is C10H9F3N2O2. The van der Waals surface area contributed by atoms with Crippen molar-refractivity contribution in [2.24, 2.45) is 5.73 Å². The molecular weight excluding hydrogens is 237 g/mol. The highest BCUT2D eigenvalue weighted by Gasteiger charge is 2.16. The van der Waals surface area contributed by atoms with E-state index in [0.717, 1.165) is 12.1 Å². The fourth-order valence-corrected chi connectivity index (χ4v) is 1.16. The van der Waals surface area contributed by atoms with Crippen LogP contribution in [0.2, 0.25) is 0 Å². The molecule has 4 nitrogen and oxygen atoms in total. The minimum absolute atomic E-state index is 0.200. The molecule has 1 aromatic rings. The standard InChI is InChI=1S/C10H9F3N2O2/c11-3-7(16)15-4-5-1-2-6(10(14)17)9(13)8(5)12/h1-2H,3-4H2,(H2,14,17)(H,15,16). The number of carbonyl (C=O) groups is 2. The highest BCUT2D eigenvalue weighted by Crippen LogP contribution is 2.15. The summed E-state index contributed by atoms with van der Waals surface area (Å²) in [5.74, 6) is -4.71. The molecule has 3 N–H and O–H groups in total. The summed E-state index contributed by atoms with van der Waals surface area (Å²) in [6, 6.07) is 2.09. The molecule has 0 aliphatic rings. The van der Waals surface area contributed by atoms with Gasteiger partial charge < -0.3 is 11.1 Å². The Balaban J connectivity index is 2.93. The van der Waals surface area contributed by atoms with E-state index in [9.17, 15) is 22.8 Å². The van der Waals surface area contributed by atoms with Gasteiger partial charge in [-0.05, 0) is 6.07 Å². The molecule has 0 bridgehead atoms. The zero-order chi connectivity index (χ0) is 13.0. The molecule has 0 radical (unpaired) electrons. The summed E-state index contributed by atoms with van der Waals surface area (Å²) in [4.78, 5) is 21.3. The van der Waals surface area contributed by atoms with Gasteiger partial charge >= 0.3 is 0 Å². The van der Waals surface area contributed by atoms with E-state index >= 15 is 0 Å². The van der Waals surface area contributed by atoms with Crippen LogP contribution in [0.4, 0.5) is 13.2 Å². The monoisotopic (exact) mass is 246 g/mol. The van der Waals surface area contributed by atoms with Gasteiger partial charge in [0.1, 0.15) is 0 Å². The van der Waals surface area contributed by atoms with Crippen LogP contribution in [0.5, 0.6) is 0 Å². The van der Waals surface area contributed by atoms with Crippen LogP contribution in [0.15, 0.2) is 12.1 Å². The van der Waals surface area contributed by atoms with Crippen LogP contribution < -0.4 is 11.1 Å². The first kappa shape index (κ1) is 13.0. The van der Waals surface area contributed by atoms with Crippen molar-refractivity contribution in [3.05, 3.63) is 34.9 Å². The van der Waals surface area contributed by atoms with Gasteiger partial charge in [-0.2, -0.15) is 0 Å². The summed E-state index contributed by atoms with van der Waals surface area (Å²) in [6.07, 6.45) is 0. The fraction of sp³-hybridized carbons (Fsp3) is 0.200. The van der Waals surface area contributed by atoms with Crippen LogP contribution >= 0.6 is 0 Å². The predicted octanol–water partition coefficient (Wildman–Crippen LogP) is 0.649. The number of carbonyl (C=O) groups excluding carboxylic acids is 2. The van der Waals surface area contributed by atoms with Crippen LogP contribution in [0.25, 0.3) is 0 Å². The number of rotatable bonds is 4. The molecule has 92 valence electrons. The van der Waals surface area contributed by atoms with Crippen molar-refractivity contribution in [1.82, 2.24) is 5.32 Å². The van der Waals surface area contributed by atoms with Crippen LogP contribution in [-0.4, -0.2) is 18.5 Å². The largest absolute Gasteiger partial charge is 0.366 e. The maximum absolute atomic E-state index is 13.3. The van der Waals surface area contributed by atoms with Gasteiger partial charge in [0.05, 0.1) is 5.56 Å². The number of amides is 2. The zero-order valence-electron chi connectivity index (χ0n) is 8.60. The third-order valence-corrected chi connectivity index (χ3v) is 2.03. The lowest BCUT2D eigenvalue weighted by molar-refractivity contribution is -0.122. The molecule has 0 unspecified atom stereocenters. The van der Waals surface area contributed by atoms with Crippen molar-refractivity contribution in [2.45, 2.75) is 6.54 Å². The molecule has 7 heteroatoms. The minimum atomic E-state index is -1.38. The summed E-state index contributed by atoms with van der Waals surface area (Å²) in [7, 11) is 0. The third-order valence-electron chi connectivity index (χ3n) is 2.03. The Morgan fingerprint density at radius 3 is 2.41 bits per heavy atom. The zero-order valence-corrected chi connectivity index (χ0v) is 8.60. The predicted molar refractivity (Wildman–Crippen MR) is 52.7 cm³/mol. The normalized spacial score (nSPS) is 10.1. The quantitative estimate of drug-likeness (QED) is 0.818. The molecule has 1 aromatic carbocycles. The average molecular weight is 246 g/mol. The van der Waals surface area contributed by atoms with E-state index in [4.69, 9.17) is 5.73 Å². The molecule has 17 heavy (non-hydrogen) atoms. The van der Waals surface area contributed by atoms with E-state index in [0.29, 0.717) is 0 Å². The van der Waals surface area contributed by atoms with Gasteiger partial charge in [-0.15, -0.1) is 0 Å². The van der Waals surface area contributed by atoms with Crippen LogP contribution in [-0.2, 0) is 11.3 Å². The van der Waals surface area contributed by atoms with Crippen molar-refractivity contribution >= 4 is 11.8 Å². The molecule has 0 aliphatic carbocycles. The van der Waals surface area contributed by atoms with Gasteiger partial charge in [0.2, 0.25) is 0 Å². The minimum Gasteiger partial charge on any atom is -0.366 e. The summed E-state index contributed by atoms with van der Waals surface area (Å²) in [5.41, 5.74) is 4.03. The van der Waals surface area contributed by atoms with E-state index < -0.39 is 35.7 Å². The number of benzene rings is 1. The smallest absolute Gasteiger partial charge is 0.251 e. The Kier molecular flexibility index (Phi) is 4.08. The van der Waals surface area contributed by atoms with E-state index in [1.54, 1.807) is 0 Å². The van der Waals surface area contributed by atoms with Crippen LogP contribution in [0, 0.1) is 11.6 Å². The lowest BCUT2D eigenvalue weighted by Gasteiger charge is -2.07. The van der Waals surface area contributed by atoms with Crippen molar-refractivity contribution < 1.29 is 22.8 Å². The summed E-state index contributed by atoms with van der Waals surface area (Å²) in [5, 5.41) is 2.03. The Hall–Kier alpha value is -2.05. The van der Waals surface area contributed by atoms with E-state index in [1.165, 1.54) is 0 Å². The molecule has 0 saturated carbocycles. The van der Waals surface area contributed by atoms with Crippen LogP contribution in [0.1, 0.15) is 15.9 Å². The van der Waals surface area contributed by atoms with Gasteiger partial charge in [-0.3, -0.25) is 9.59 Å². The Labute approximate surface area is 94.6 Å². The van der Waals surface area contributed by atoms with Gasteiger partial charge in [-0.25, -0.2) is 13.2 Å². The Bertz CT molecular complexity index is 463. The molecule has 0 heterocycles. The number of hydrogen-bond acceptors (Lipinski definition) is 2. The molecule has 0 atom stereocenters. The second kappa shape index (κ2) is 5.33.